The van der Waals surface area contributed by atoms with Crippen LogP contribution in [0, 0.1) is 0 Å². The third kappa shape index (κ3) is 4.29. The lowest BCUT2D eigenvalue weighted by molar-refractivity contribution is 0.0734. The second-order valence-electron chi connectivity index (χ2n) is 7.43. The van der Waals surface area contributed by atoms with Gasteiger partial charge in [0.05, 0.1) is 31.6 Å². The molecule has 3 heterocycles. The van der Waals surface area contributed by atoms with E-state index in [2.05, 4.69) is 10.3 Å². The summed E-state index contributed by atoms with van der Waals surface area (Å²) in [6.07, 6.45) is 6.57. The van der Waals surface area contributed by atoms with E-state index in [9.17, 15) is 4.79 Å². The second-order valence-corrected chi connectivity index (χ2v) is 7.43. The number of ether oxygens (including phenoxy) is 3. The van der Waals surface area contributed by atoms with Crippen LogP contribution in [0.5, 0.6) is 11.5 Å². The first-order valence-electron chi connectivity index (χ1n) is 10.0. The Morgan fingerprint density at radius 1 is 1.21 bits per heavy atom. The molecule has 1 atom stereocenters. The predicted octanol–water partition coefficient (Wildman–Crippen LogP) is 2.89. The number of pyridine rings is 1. The maximum atomic E-state index is 13.1. The molecule has 29 heavy (non-hydrogen) atoms. The molecule has 2 aliphatic heterocycles. The fraction of sp³-hybridized carbons (Fsp3) is 0.455. The van der Waals surface area contributed by atoms with E-state index < -0.39 is 0 Å². The average molecular weight is 397 g/mol. The fourth-order valence-corrected chi connectivity index (χ4v) is 3.93. The van der Waals surface area contributed by atoms with Crippen LogP contribution in [0.2, 0.25) is 0 Å². The van der Waals surface area contributed by atoms with E-state index in [1.165, 1.54) is 5.56 Å². The van der Waals surface area contributed by atoms with Crippen molar-refractivity contribution < 1.29 is 19.0 Å². The molecule has 1 aromatic carbocycles. The normalized spacial score (nSPS) is 18.3. The molecule has 7 heteroatoms. The number of nitrogens with zero attached hydrogens (tertiary/aromatic N) is 2. The fourth-order valence-electron chi connectivity index (χ4n) is 3.93. The zero-order valence-electron chi connectivity index (χ0n) is 16.9. The highest BCUT2D eigenvalue weighted by Gasteiger charge is 2.24. The van der Waals surface area contributed by atoms with Gasteiger partial charge in [0, 0.05) is 38.6 Å². The molecule has 1 aromatic heterocycles. The van der Waals surface area contributed by atoms with Crippen LogP contribution in [-0.4, -0.2) is 55.8 Å². The lowest BCUT2D eigenvalue weighted by Gasteiger charge is -2.29. The number of carbonyl (C=O) groups excluding carboxylic acids is 1. The molecule has 0 saturated carbocycles. The molecule has 154 valence electrons. The summed E-state index contributed by atoms with van der Waals surface area (Å²) in [5.74, 6) is 1.39. The number of benzene rings is 1. The Morgan fingerprint density at radius 2 is 2.00 bits per heavy atom. The second kappa shape index (κ2) is 8.69. The Labute approximate surface area is 171 Å². The Balaban J connectivity index is 1.45. The predicted molar refractivity (Wildman–Crippen MR) is 110 cm³/mol. The summed E-state index contributed by atoms with van der Waals surface area (Å²) < 4.78 is 16.4. The zero-order chi connectivity index (χ0) is 20.2. The molecule has 0 bridgehead atoms. The largest absolute Gasteiger partial charge is 0.493 e. The molecule has 1 N–H and O–H groups in total. The lowest BCUT2D eigenvalue weighted by Crippen LogP contribution is -2.36. The number of nitrogens with one attached hydrogen (secondary N) is 1. The third-order valence-corrected chi connectivity index (χ3v) is 5.55. The van der Waals surface area contributed by atoms with Crippen LogP contribution in [0.4, 0.5) is 5.69 Å². The molecule has 4 rings (SSSR count). The van der Waals surface area contributed by atoms with Gasteiger partial charge < -0.3 is 24.4 Å². The summed E-state index contributed by atoms with van der Waals surface area (Å²) in [6, 6.07) is 5.84. The summed E-state index contributed by atoms with van der Waals surface area (Å²) in [5.41, 5.74) is 3.71. The minimum atomic E-state index is -0.0151. The van der Waals surface area contributed by atoms with E-state index >= 15 is 0 Å². The van der Waals surface area contributed by atoms with Gasteiger partial charge in [-0.05, 0) is 48.6 Å². The molecule has 1 amide bonds. The van der Waals surface area contributed by atoms with Crippen molar-refractivity contribution in [1.82, 2.24) is 9.88 Å². The van der Waals surface area contributed by atoms with E-state index in [1.807, 2.05) is 23.1 Å². The van der Waals surface area contributed by atoms with E-state index in [0.29, 0.717) is 24.4 Å². The number of hydrogen-bond donors (Lipinski definition) is 1. The van der Waals surface area contributed by atoms with Crippen molar-refractivity contribution in [3.63, 3.8) is 0 Å². The number of carbonyl (C=O) groups is 1. The summed E-state index contributed by atoms with van der Waals surface area (Å²) in [6.45, 7) is 2.77. The van der Waals surface area contributed by atoms with Crippen LogP contribution in [0.3, 0.4) is 0 Å². The van der Waals surface area contributed by atoms with E-state index in [1.54, 1.807) is 26.6 Å². The van der Waals surface area contributed by atoms with Crippen LogP contribution in [0.25, 0.3) is 0 Å². The molecule has 0 spiro atoms. The molecule has 1 unspecified atom stereocenters. The maximum absolute atomic E-state index is 13.1. The van der Waals surface area contributed by atoms with Crippen molar-refractivity contribution in [2.75, 3.05) is 39.2 Å². The minimum absolute atomic E-state index is 0.0151. The van der Waals surface area contributed by atoms with Crippen molar-refractivity contribution in [1.29, 1.82) is 0 Å². The zero-order valence-corrected chi connectivity index (χ0v) is 16.9. The van der Waals surface area contributed by atoms with Gasteiger partial charge in [0.15, 0.2) is 11.5 Å². The summed E-state index contributed by atoms with van der Waals surface area (Å²) in [7, 11) is 3.26. The summed E-state index contributed by atoms with van der Waals surface area (Å²) >= 11 is 0. The van der Waals surface area contributed by atoms with Gasteiger partial charge in [0.2, 0.25) is 0 Å². The molecule has 1 saturated heterocycles. The molecular weight excluding hydrogens is 370 g/mol. The van der Waals surface area contributed by atoms with Gasteiger partial charge in [-0.15, -0.1) is 0 Å². The van der Waals surface area contributed by atoms with Gasteiger partial charge in [-0.3, -0.25) is 9.78 Å². The number of hydrogen-bond acceptors (Lipinski definition) is 6. The molecule has 7 nitrogen and oxygen atoms in total. The van der Waals surface area contributed by atoms with Gasteiger partial charge in [-0.2, -0.15) is 0 Å². The average Bonchev–Trinajstić information content (AvgIpc) is 3.29. The van der Waals surface area contributed by atoms with Crippen molar-refractivity contribution >= 4 is 11.6 Å². The Kier molecular flexibility index (Phi) is 5.85. The SMILES string of the molecule is COc1cc2c(cc1OC)CN(C(=O)c1cncc(NCC3CCCO3)c1)CC2. The Morgan fingerprint density at radius 3 is 2.72 bits per heavy atom. The number of aromatic nitrogens is 1. The number of anilines is 1. The van der Waals surface area contributed by atoms with Crippen LogP contribution in [-0.2, 0) is 17.7 Å². The van der Waals surface area contributed by atoms with Gasteiger partial charge >= 0.3 is 0 Å². The lowest BCUT2D eigenvalue weighted by atomic mass is 9.98. The van der Waals surface area contributed by atoms with Crippen molar-refractivity contribution in [3.05, 3.63) is 47.3 Å². The van der Waals surface area contributed by atoms with Gasteiger partial charge in [-0.25, -0.2) is 0 Å². The van der Waals surface area contributed by atoms with Gasteiger partial charge in [-0.1, -0.05) is 0 Å². The molecule has 1 fully saturated rings. The highest BCUT2D eigenvalue weighted by Crippen LogP contribution is 2.33. The van der Waals surface area contributed by atoms with Crippen LogP contribution in [0.15, 0.2) is 30.6 Å². The maximum Gasteiger partial charge on any atom is 0.255 e. The first-order chi connectivity index (χ1) is 14.2. The molecular formula is C22H27N3O4. The van der Waals surface area contributed by atoms with E-state index in [4.69, 9.17) is 14.2 Å². The molecule has 0 radical (unpaired) electrons. The number of amides is 1. The van der Waals surface area contributed by atoms with E-state index in [-0.39, 0.29) is 12.0 Å². The first-order valence-corrected chi connectivity index (χ1v) is 10.0. The Hall–Kier alpha value is -2.80. The smallest absolute Gasteiger partial charge is 0.255 e. The molecule has 0 aliphatic carbocycles. The monoisotopic (exact) mass is 397 g/mol. The number of methoxy groups -OCH3 is 2. The third-order valence-electron chi connectivity index (χ3n) is 5.55. The van der Waals surface area contributed by atoms with Crippen molar-refractivity contribution in [3.8, 4) is 11.5 Å². The van der Waals surface area contributed by atoms with Crippen LogP contribution >= 0.6 is 0 Å². The molecule has 2 aliphatic rings. The van der Waals surface area contributed by atoms with Crippen molar-refractivity contribution in [2.24, 2.45) is 0 Å². The minimum Gasteiger partial charge on any atom is -0.493 e. The standard InChI is InChI=1S/C22H27N3O4/c1-27-20-9-15-5-6-25(14-17(15)10-21(20)28-2)22(26)16-8-18(12-23-11-16)24-13-19-4-3-7-29-19/h8-12,19,24H,3-7,13-14H2,1-2H3. The molecule has 2 aromatic rings. The van der Waals surface area contributed by atoms with Gasteiger partial charge in [0.25, 0.3) is 5.91 Å². The first kappa shape index (κ1) is 19.5. The number of fused-ring (bicyclic) bond motifs is 1. The quantitative estimate of drug-likeness (QED) is 0.808. The van der Waals surface area contributed by atoms with Crippen LogP contribution < -0.4 is 14.8 Å². The van der Waals surface area contributed by atoms with Gasteiger partial charge in [0.1, 0.15) is 0 Å². The van der Waals surface area contributed by atoms with Crippen LogP contribution in [0.1, 0.15) is 34.3 Å². The van der Waals surface area contributed by atoms with E-state index in [0.717, 1.165) is 49.4 Å². The van der Waals surface area contributed by atoms with Crippen molar-refractivity contribution in [2.45, 2.75) is 31.9 Å². The highest BCUT2D eigenvalue weighted by molar-refractivity contribution is 5.95. The summed E-state index contributed by atoms with van der Waals surface area (Å²) in [5, 5.41) is 3.34. The summed E-state index contributed by atoms with van der Waals surface area (Å²) in [4.78, 5) is 19.2. The topological polar surface area (TPSA) is 72.9 Å². The highest BCUT2D eigenvalue weighted by atomic mass is 16.5. The number of rotatable bonds is 6. The Bertz CT molecular complexity index is 880.